The van der Waals surface area contributed by atoms with Crippen LogP contribution in [-0.2, 0) is 6.42 Å². The van der Waals surface area contributed by atoms with E-state index in [1.807, 2.05) is 26.8 Å². The van der Waals surface area contributed by atoms with Crippen LogP contribution in [0.2, 0.25) is 0 Å². The van der Waals surface area contributed by atoms with E-state index in [1.54, 1.807) is 19.2 Å². The number of benzene rings is 1. The standard InChI is InChI=1S/C9H12O2.C2H6/c1-3-7-4-5-9(11-2)8(10)6-7;1-2/h4-6,10H,3H2,1-2H3;1-2H3. The first kappa shape index (κ1) is 11.8. The van der Waals surface area contributed by atoms with Gasteiger partial charge in [0, 0.05) is 0 Å². The Morgan fingerprint density at radius 2 is 1.92 bits per heavy atom. The largest absolute Gasteiger partial charge is 0.504 e. The van der Waals surface area contributed by atoms with Crippen LogP contribution >= 0.6 is 0 Å². The van der Waals surface area contributed by atoms with E-state index >= 15 is 0 Å². The summed E-state index contributed by atoms with van der Waals surface area (Å²) in [7, 11) is 1.54. The monoisotopic (exact) mass is 182 g/mol. The van der Waals surface area contributed by atoms with Crippen LogP contribution in [0.5, 0.6) is 11.5 Å². The maximum Gasteiger partial charge on any atom is 0.160 e. The zero-order valence-electron chi connectivity index (χ0n) is 8.79. The topological polar surface area (TPSA) is 29.5 Å². The second kappa shape index (κ2) is 6.35. The van der Waals surface area contributed by atoms with Crippen molar-refractivity contribution >= 4 is 0 Å². The molecule has 0 saturated heterocycles. The lowest BCUT2D eigenvalue weighted by atomic mass is 10.1. The minimum absolute atomic E-state index is 0.215. The molecular weight excluding hydrogens is 164 g/mol. The van der Waals surface area contributed by atoms with Gasteiger partial charge in [-0.3, -0.25) is 0 Å². The van der Waals surface area contributed by atoms with Crippen LogP contribution in [0.3, 0.4) is 0 Å². The second-order valence-corrected chi connectivity index (χ2v) is 2.36. The summed E-state index contributed by atoms with van der Waals surface area (Å²) < 4.78 is 4.89. The predicted molar refractivity (Wildman–Crippen MR) is 55.4 cm³/mol. The van der Waals surface area contributed by atoms with E-state index in [1.165, 1.54) is 0 Å². The SMILES string of the molecule is CC.CCc1ccc(OC)c(O)c1. The third-order valence-corrected chi connectivity index (χ3v) is 1.65. The maximum atomic E-state index is 9.30. The lowest BCUT2D eigenvalue weighted by Gasteiger charge is -2.03. The summed E-state index contributed by atoms with van der Waals surface area (Å²) in [6.45, 7) is 6.04. The number of phenols is 1. The van der Waals surface area contributed by atoms with Crippen molar-refractivity contribution in [3.63, 3.8) is 0 Å². The first-order chi connectivity index (χ1) is 6.27. The van der Waals surface area contributed by atoms with Gasteiger partial charge in [-0.25, -0.2) is 0 Å². The number of rotatable bonds is 2. The van der Waals surface area contributed by atoms with Gasteiger partial charge in [0.1, 0.15) is 0 Å². The molecule has 2 heteroatoms. The Morgan fingerprint density at radius 1 is 1.31 bits per heavy atom. The van der Waals surface area contributed by atoms with E-state index in [-0.39, 0.29) is 5.75 Å². The summed E-state index contributed by atoms with van der Waals surface area (Å²) in [5.41, 5.74) is 1.11. The van der Waals surface area contributed by atoms with Crippen LogP contribution in [0.1, 0.15) is 26.3 Å². The molecule has 0 radical (unpaired) electrons. The number of hydrogen-bond donors (Lipinski definition) is 1. The summed E-state index contributed by atoms with van der Waals surface area (Å²) in [4.78, 5) is 0. The molecule has 13 heavy (non-hydrogen) atoms. The minimum atomic E-state index is 0.215. The first-order valence-corrected chi connectivity index (χ1v) is 4.63. The number of ether oxygens (including phenoxy) is 1. The van der Waals surface area contributed by atoms with Crippen molar-refractivity contribution in [3.05, 3.63) is 23.8 Å². The van der Waals surface area contributed by atoms with Crippen molar-refractivity contribution in [1.82, 2.24) is 0 Å². The molecule has 0 unspecified atom stereocenters. The minimum Gasteiger partial charge on any atom is -0.504 e. The Labute approximate surface area is 80.2 Å². The highest BCUT2D eigenvalue weighted by Gasteiger charge is 1.99. The first-order valence-electron chi connectivity index (χ1n) is 4.63. The van der Waals surface area contributed by atoms with Crippen LogP contribution in [0, 0.1) is 0 Å². The molecule has 1 aromatic carbocycles. The van der Waals surface area contributed by atoms with Crippen LogP contribution in [0.15, 0.2) is 18.2 Å². The molecule has 1 N–H and O–H groups in total. The fourth-order valence-electron chi connectivity index (χ4n) is 0.955. The highest BCUT2D eigenvalue weighted by Crippen LogP contribution is 2.26. The van der Waals surface area contributed by atoms with E-state index in [0.717, 1.165) is 12.0 Å². The van der Waals surface area contributed by atoms with Gasteiger partial charge in [0.25, 0.3) is 0 Å². The molecule has 0 amide bonds. The van der Waals surface area contributed by atoms with E-state index in [0.29, 0.717) is 5.75 Å². The van der Waals surface area contributed by atoms with Crippen molar-refractivity contribution in [2.45, 2.75) is 27.2 Å². The fourth-order valence-corrected chi connectivity index (χ4v) is 0.955. The van der Waals surface area contributed by atoms with Gasteiger partial charge in [-0.2, -0.15) is 0 Å². The summed E-state index contributed by atoms with van der Waals surface area (Å²) in [6.07, 6.45) is 0.928. The molecule has 0 heterocycles. The lowest BCUT2D eigenvalue weighted by molar-refractivity contribution is 0.373. The molecular formula is C11H18O2. The molecule has 74 valence electrons. The Hall–Kier alpha value is -1.18. The fraction of sp³-hybridized carbons (Fsp3) is 0.455. The molecule has 1 rings (SSSR count). The Balaban J connectivity index is 0.000000671. The van der Waals surface area contributed by atoms with Gasteiger partial charge in [-0.15, -0.1) is 0 Å². The van der Waals surface area contributed by atoms with Gasteiger partial charge >= 0.3 is 0 Å². The Kier molecular flexibility index (Phi) is 5.77. The second-order valence-electron chi connectivity index (χ2n) is 2.36. The third-order valence-electron chi connectivity index (χ3n) is 1.65. The maximum absolute atomic E-state index is 9.30. The van der Waals surface area contributed by atoms with Crippen molar-refractivity contribution in [2.75, 3.05) is 7.11 Å². The number of phenolic OH excluding ortho intramolecular Hbond substituents is 1. The molecule has 0 aromatic heterocycles. The molecule has 0 atom stereocenters. The molecule has 0 spiro atoms. The molecule has 2 nitrogen and oxygen atoms in total. The average molecular weight is 182 g/mol. The normalized spacial score (nSPS) is 8.62. The van der Waals surface area contributed by atoms with Crippen molar-refractivity contribution in [2.24, 2.45) is 0 Å². The summed E-state index contributed by atoms with van der Waals surface area (Å²) >= 11 is 0. The molecule has 0 aliphatic heterocycles. The third kappa shape index (κ3) is 3.36. The molecule has 0 aliphatic carbocycles. The number of hydrogen-bond acceptors (Lipinski definition) is 2. The van der Waals surface area contributed by atoms with Crippen molar-refractivity contribution < 1.29 is 9.84 Å². The molecule has 0 fully saturated rings. The zero-order chi connectivity index (χ0) is 10.3. The van der Waals surface area contributed by atoms with Crippen LogP contribution < -0.4 is 4.74 Å². The molecule has 1 aromatic rings. The van der Waals surface area contributed by atoms with E-state index in [2.05, 4.69) is 0 Å². The molecule has 0 bridgehead atoms. The molecule has 0 aliphatic rings. The zero-order valence-corrected chi connectivity index (χ0v) is 8.79. The van der Waals surface area contributed by atoms with E-state index in [4.69, 9.17) is 4.74 Å². The smallest absolute Gasteiger partial charge is 0.160 e. The predicted octanol–water partition coefficient (Wildman–Crippen LogP) is 2.99. The highest BCUT2D eigenvalue weighted by atomic mass is 16.5. The van der Waals surface area contributed by atoms with Gasteiger partial charge in [-0.05, 0) is 24.1 Å². The van der Waals surface area contributed by atoms with Crippen LogP contribution in [-0.4, -0.2) is 12.2 Å². The van der Waals surface area contributed by atoms with Crippen molar-refractivity contribution in [1.29, 1.82) is 0 Å². The Bertz CT molecular complexity index is 244. The van der Waals surface area contributed by atoms with E-state index in [9.17, 15) is 5.11 Å². The van der Waals surface area contributed by atoms with Gasteiger partial charge in [0.15, 0.2) is 11.5 Å². The van der Waals surface area contributed by atoms with Gasteiger partial charge in [-0.1, -0.05) is 26.8 Å². The summed E-state index contributed by atoms with van der Waals surface area (Å²) in [5.74, 6) is 0.744. The van der Waals surface area contributed by atoms with Gasteiger partial charge < -0.3 is 9.84 Å². The average Bonchev–Trinajstić information content (AvgIpc) is 2.20. The van der Waals surface area contributed by atoms with E-state index < -0.39 is 0 Å². The van der Waals surface area contributed by atoms with Crippen LogP contribution in [0.25, 0.3) is 0 Å². The number of methoxy groups -OCH3 is 1. The van der Waals surface area contributed by atoms with Gasteiger partial charge in [0.2, 0.25) is 0 Å². The van der Waals surface area contributed by atoms with Crippen LogP contribution in [0.4, 0.5) is 0 Å². The quantitative estimate of drug-likeness (QED) is 0.761. The molecule has 0 saturated carbocycles. The Morgan fingerprint density at radius 3 is 2.31 bits per heavy atom. The highest BCUT2D eigenvalue weighted by molar-refractivity contribution is 5.41. The number of aryl methyl sites for hydroxylation is 1. The van der Waals surface area contributed by atoms with Gasteiger partial charge in [0.05, 0.1) is 7.11 Å². The number of aromatic hydroxyl groups is 1. The summed E-state index contributed by atoms with van der Waals surface area (Å²) in [6, 6.07) is 5.44. The summed E-state index contributed by atoms with van der Waals surface area (Å²) in [5, 5.41) is 9.30. The lowest BCUT2D eigenvalue weighted by Crippen LogP contribution is -1.85. The van der Waals surface area contributed by atoms with Crippen molar-refractivity contribution in [3.8, 4) is 11.5 Å².